The van der Waals surface area contributed by atoms with E-state index in [0.29, 0.717) is 17.6 Å². The van der Waals surface area contributed by atoms with E-state index in [1.54, 1.807) is 0 Å². The van der Waals surface area contributed by atoms with E-state index in [0.717, 1.165) is 18.6 Å². The molecule has 3 unspecified atom stereocenters. The molecule has 2 fully saturated rings. The highest BCUT2D eigenvalue weighted by Crippen LogP contribution is 2.57. The summed E-state index contributed by atoms with van der Waals surface area (Å²) in [5.41, 5.74) is 0.510. The minimum absolute atomic E-state index is 0.510. The van der Waals surface area contributed by atoms with Crippen molar-refractivity contribution in [1.29, 1.82) is 0 Å². The average Bonchev–Trinajstić information content (AvgIpc) is 2.27. The minimum Gasteiger partial charge on any atom is -0.378 e. The van der Waals surface area contributed by atoms with Crippen LogP contribution in [0, 0.1) is 11.3 Å². The smallest absolute Gasteiger partial charge is 0.0661 e. The lowest BCUT2D eigenvalue weighted by atomic mass is 9.51. The van der Waals surface area contributed by atoms with Crippen molar-refractivity contribution in [2.45, 2.75) is 84.4 Å². The van der Waals surface area contributed by atoms with Gasteiger partial charge in [0.1, 0.15) is 0 Å². The molecule has 2 rings (SSSR count). The highest BCUT2D eigenvalue weighted by Gasteiger charge is 2.58. The summed E-state index contributed by atoms with van der Waals surface area (Å²) in [7, 11) is 0. The van der Waals surface area contributed by atoms with Crippen molar-refractivity contribution in [1.82, 2.24) is 5.32 Å². The van der Waals surface area contributed by atoms with Gasteiger partial charge in [0, 0.05) is 24.1 Å². The van der Waals surface area contributed by atoms with Gasteiger partial charge in [0.25, 0.3) is 0 Å². The molecular formula is C16H31NO. The van der Waals surface area contributed by atoms with Crippen molar-refractivity contribution in [3.8, 4) is 0 Å². The van der Waals surface area contributed by atoms with Gasteiger partial charge in [-0.05, 0) is 39.0 Å². The monoisotopic (exact) mass is 253 g/mol. The van der Waals surface area contributed by atoms with Crippen LogP contribution in [-0.4, -0.2) is 24.8 Å². The van der Waals surface area contributed by atoms with E-state index < -0.39 is 0 Å². The van der Waals surface area contributed by atoms with Crippen LogP contribution >= 0.6 is 0 Å². The van der Waals surface area contributed by atoms with Gasteiger partial charge in [0.05, 0.1) is 6.10 Å². The van der Waals surface area contributed by atoms with Crippen LogP contribution in [0.2, 0.25) is 0 Å². The Hall–Kier alpha value is -0.0800. The molecule has 1 N–H and O–H groups in total. The molecule has 0 radical (unpaired) electrons. The summed E-state index contributed by atoms with van der Waals surface area (Å²) in [4.78, 5) is 0. The van der Waals surface area contributed by atoms with Crippen molar-refractivity contribution < 1.29 is 4.74 Å². The quantitative estimate of drug-likeness (QED) is 0.746. The Labute approximate surface area is 113 Å². The Balaban J connectivity index is 1.87. The maximum absolute atomic E-state index is 5.92. The fraction of sp³-hybridized carbons (Fsp3) is 1.00. The van der Waals surface area contributed by atoms with Crippen LogP contribution in [0.25, 0.3) is 0 Å². The maximum atomic E-state index is 5.92. The van der Waals surface area contributed by atoms with Gasteiger partial charge in [-0.1, -0.05) is 33.1 Å². The van der Waals surface area contributed by atoms with Crippen molar-refractivity contribution >= 4 is 0 Å². The van der Waals surface area contributed by atoms with Gasteiger partial charge in [-0.25, -0.2) is 0 Å². The lowest BCUT2D eigenvalue weighted by molar-refractivity contribution is -0.175. The van der Waals surface area contributed by atoms with Crippen LogP contribution in [0.4, 0.5) is 0 Å². The Morgan fingerprint density at radius 2 is 1.89 bits per heavy atom. The van der Waals surface area contributed by atoms with Crippen LogP contribution in [0.5, 0.6) is 0 Å². The number of ether oxygens (including phenoxy) is 1. The van der Waals surface area contributed by atoms with Crippen molar-refractivity contribution in [2.75, 3.05) is 6.61 Å². The molecule has 0 aromatic carbocycles. The first-order chi connectivity index (χ1) is 8.67. The largest absolute Gasteiger partial charge is 0.378 e. The predicted octanol–water partition coefficient (Wildman–Crippen LogP) is 3.75. The fourth-order valence-corrected chi connectivity index (χ4v) is 4.12. The molecular weight excluding hydrogens is 222 g/mol. The highest BCUT2D eigenvalue weighted by molar-refractivity contribution is 5.12. The number of hydrogen-bond acceptors (Lipinski definition) is 2. The van der Waals surface area contributed by atoms with Crippen molar-refractivity contribution in [3.05, 3.63) is 0 Å². The third-order valence-corrected chi connectivity index (χ3v) is 5.66. The fourth-order valence-electron chi connectivity index (χ4n) is 4.12. The lowest BCUT2D eigenvalue weighted by Gasteiger charge is -2.62. The van der Waals surface area contributed by atoms with Crippen molar-refractivity contribution in [3.63, 3.8) is 0 Å². The van der Waals surface area contributed by atoms with Crippen molar-refractivity contribution in [2.24, 2.45) is 11.3 Å². The molecule has 2 heteroatoms. The standard InChI is InChI=1S/C16H31NO/c1-5-13(6-2)12(4)17-14-11-15(18-7-3)16(14)9-8-10-16/h12-15,17H,5-11H2,1-4H3. The minimum atomic E-state index is 0.510. The highest BCUT2D eigenvalue weighted by atomic mass is 16.5. The molecule has 106 valence electrons. The third-order valence-electron chi connectivity index (χ3n) is 5.66. The molecule has 0 aliphatic heterocycles. The summed E-state index contributed by atoms with van der Waals surface area (Å²) in [5.74, 6) is 0.827. The molecule has 0 heterocycles. The molecule has 0 aromatic rings. The van der Waals surface area contributed by atoms with Gasteiger partial charge in [-0.3, -0.25) is 0 Å². The van der Waals surface area contributed by atoms with Gasteiger partial charge < -0.3 is 10.1 Å². The molecule has 2 nitrogen and oxygen atoms in total. The number of hydrogen-bond donors (Lipinski definition) is 1. The maximum Gasteiger partial charge on any atom is 0.0661 e. The number of rotatable bonds is 7. The topological polar surface area (TPSA) is 21.3 Å². The van der Waals surface area contributed by atoms with Gasteiger partial charge in [-0.2, -0.15) is 0 Å². The summed E-state index contributed by atoms with van der Waals surface area (Å²) in [6, 6.07) is 1.38. The Morgan fingerprint density at radius 3 is 2.33 bits per heavy atom. The summed E-state index contributed by atoms with van der Waals surface area (Å²) in [6.45, 7) is 10.0. The molecule has 2 aliphatic carbocycles. The van der Waals surface area contributed by atoms with E-state index in [4.69, 9.17) is 4.74 Å². The summed E-state index contributed by atoms with van der Waals surface area (Å²) in [6.07, 6.45) is 8.52. The molecule has 2 aliphatic rings. The zero-order valence-corrected chi connectivity index (χ0v) is 12.7. The molecule has 18 heavy (non-hydrogen) atoms. The van der Waals surface area contributed by atoms with Gasteiger partial charge in [0.15, 0.2) is 0 Å². The second-order valence-electron chi connectivity index (χ2n) is 6.35. The molecule has 0 bridgehead atoms. The van der Waals surface area contributed by atoms with E-state index in [1.165, 1.54) is 38.5 Å². The summed E-state index contributed by atoms with van der Waals surface area (Å²) >= 11 is 0. The van der Waals surface area contributed by atoms with Crippen LogP contribution in [-0.2, 0) is 4.74 Å². The second kappa shape index (κ2) is 5.92. The first-order valence-electron chi connectivity index (χ1n) is 8.05. The summed E-state index contributed by atoms with van der Waals surface area (Å²) < 4.78 is 5.92. The SMILES string of the molecule is CCOC1CC(NC(C)C(CC)CC)C12CCC2. The molecule has 3 atom stereocenters. The van der Waals surface area contributed by atoms with Gasteiger partial charge >= 0.3 is 0 Å². The van der Waals surface area contributed by atoms with Gasteiger partial charge in [0.2, 0.25) is 0 Å². The first kappa shape index (κ1) is 14.3. The summed E-state index contributed by atoms with van der Waals surface area (Å²) in [5, 5.41) is 3.92. The normalized spacial score (nSPS) is 31.2. The average molecular weight is 253 g/mol. The van der Waals surface area contributed by atoms with Crippen LogP contribution in [0.3, 0.4) is 0 Å². The molecule has 0 amide bonds. The Morgan fingerprint density at radius 1 is 1.22 bits per heavy atom. The van der Waals surface area contributed by atoms with E-state index in [1.807, 2.05) is 0 Å². The Bertz CT molecular complexity index is 258. The van der Waals surface area contributed by atoms with Crippen LogP contribution in [0.15, 0.2) is 0 Å². The third kappa shape index (κ3) is 2.34. The zero-order valence-electron chi connectivity index (χ0n) is 12.7. The second-order valence-corrected chi connectivity index (χ2v) is 6.35. The lowest BCUT2D eigenvalue weighted by Crippen LogP contribution is -2.68. The molecule has 2 saturated carbocycles. The first-order valence-corrected chi connectivity index (χ1v) is 8.05. The zero-order chi connectivity index (χ0) is 13.2. The predicted molar refractivity (Wildman–Crippen MR) is 76.8 cm³/mol. The van der Waals surface area contributed by atoms with E-state index in [2.05, 4.69) is 33.0 Å². The Kier molecular flexibility index (Phi) is 4.71. The number of nitrogens with one attached hydrogen (secondary N) is 1. The van der Waals surface area contributed by atoms with Gasteiger partial charge in [-0.15, -0.1) is 0 Å². The van der Waals surface area contributed by atoms with E-state index in [9.17, 15) is 0 Å². The van der Waals surface area contributed by atoms with E-state index in [-0.39, 0.29) is 0 Å². The molecule has 0 saturated heterocycles. The molecule has 0 aromatic heterocycles. The molecule has 1 spiro atoms. The van der Waals surface area contributed by atoms with Crippen LogP contribution in [0.1, 0.15) is 66.2 Å². The van der Waals surface area contributed by atoms with Crippen LogP contribution < -0.4 is 5.32 Å². The van der Waals surface area contributed by atoms with E-state index >= 15 is 0 Å².